The lowest BCUT2D eigenvalue weighted by atomic mass is 10.9. The molecule has 0 unspecified atom stereocenters. The average Bonchev–Trinajstić information content (AvgIpc) is 2.01. The molecule has 0 spiro atoms. The number of hydrogen-bond acceptors (Lipinski definition) is 1. The van der Waals surface area contributed by atoms with Gasteiger partial charge in [-0.2, -0.15) is 0 Å². The Morgan fingerprint density at radius 1 is 1.10 bits per heavy atom. The summed E-state index contributed by atoms with van der Waals surface area (Å²) in [5.41, 5.74) is 0. The van der Waals surface area contributed by atoms with Crippen LogP contribution in [0.1, 0.15) is 6.92 Å². The van der Waals surface area contributed by atoms with E-state index in [2.05, 4.69) is 47.8 Å². The summed E-state index contributed by atoms with van der Waals surface area (Å²) in [6.45, 7) is 2.85. The molecule has 0 aromatic carbocycles. The minimum absolute atomic E-state index is 0.815. The molecular formula is C5H11Br3OSi. The predicted octanol–water partition coefficient (Wildman–Crippen LogP) is 2.77. The van der Waals surface area contributed by atoms with Crippen molar-refractivity contribution in [3.05, 3.63) is 0 Å². The molecule has 1 nitrogen and oxygen atoms in total. The van der Waals surface area contributed by atoms with Crippen molar-refractivity contribution in [3.8, 4) is 0 Å². The summed E-state index contributed by atoms with van der Waals surface area (Å²) >= 11 is 10.4. The molecule has 0 aliphatic rings. The van der Waals surface area contributed by atoms with E-state index in [-0.39, 0.29) is 0 Å². The van der Waals surface area contributed by atoms with E-state index in [1.807, 2.05) is 6.92 Å². The zero-order valence-electron chi connectivity index (χ0n) is 5.87. The van der Waals surface area contributed by atoms with Crippen molar-refractivity contribution in [1.29, 1.82) is 0 Å². The van der Waals surface area contributed by atoms with Crippen molar-refractivity contribution in [1.82, 2.24) is 0 Å². The fourth-order valence-corrected chi connectivity index (χ4v) is 11.4. The molecule has 62 valence electrons. The van der Waals surface area contributed by atoms with Gasteiger partial charge in [-0.15, -0.1) is 0 Å². The molecule has 0 saturated heterocycles. The fraction of sp³-hybridized carbons (Fsp3) is 1.00. The van der Waals surface area contributed by atoms with Crippen molar-refractivity contribution < 1.29 is 4.43 Å². The molecule has 0 radical (unpaired) electrons. The quantitative estimate of drug-likeness (QED) is 0.545. The Labute approximate surface area is 88.4 Å². The Morgan fingerprint density at radius 2 is 1.50 bits per heavy atom. The summed E-state index contributed by atoms with van der Waals surface area (Å²) < 4.78 is 5.68. The van der Waals surface area contributed by atoms with Crippen molar-refractivity contribution in [2.75, 3.05) is 21.5 Å². The van der Waals surface area contributed by atoms with E-state index in [9.17, 15) is 0 Å². The fourth-order valence-electron chi connectivity index (χ4n) is 0.529. The first-order chi connectivity index (χ1) is 4.74. The molecule has 10 heavy (non-hydrogen) atoms. The summed E-state index contributed by atoms with van der Waals surface area (Å²) in [5.74, 6) is 0. The molecule has 0 amide bonds. The van der Waals surface area contributed by atoms with Crippen LogP contribution < -0.4 is 0 Å². The second-order valence-corrected chi connectivity index (χ2v) is 10.5. The van der Waals surface area contributed by atoms with Gasteiger partial charge in [-0.05, 0) is 6.92 Å². The molecule has 0 aromatic rings. The van der Waals surface area contributed by atoms with Crippen LogP contribution in [0, 0.1) is 0 Å². The van der Waals surface area contributed by atoms with E-state index >= 15 is 0 Å². The van der Waals surface area contributed by atoms with Gasteiger partial charge < -0.3 is 4.43 Å². The van der Waals surface area contributed by atoms with Gasteiger partial charge in [-0.25, -0.2) is 0 Å². The van der Waals surface area contributed by atoms with Crippen LogP contribution in [0.2, 0.25) is 0 Å². The lowest BCUT2D eigenvalue weighted by Crippen LogP contribution is -2.46. The third-order valence-electron chi connectivity index (χ3n) is 1.18. The molecule has 0 atom stereocenters. The van der Waals surface area contributed by atoms with Gasteiger partial charge in [0.05, 0.1) is 0 Å². The Bertz CT molecular complexity index is 78.7. The normalized spacial score (nSPS) is 12.0. The lowest BCUT2D eigenvalue weighted by Gasteiger charge is -2.24. The van der Waals surface area contributed by atoms with Crippen LogP contribution in [0.15, 0.2) is 0 Å². The Balaban J connectivity index is 3.87. The molecule has 0 bridgehead atoms. The molecule has 0 rings (SSSR count). The van der Waals surface area contributed by atoms with E-state index < -0.39 is 8.32 Å². The van der Waals surface area contributed by atoms with Crippen LogP contribution in [0.3, 0.4) is 0 Å². The molecule has 0 heterocycles. The SMILES string of the molecule is CCO[Si](CBr)(CBr)CBr. The minimum Gasteiger partial charge on any atom is -0.415 e. The summed E-state index contributed by atoms with van der Waals surface area (Å²) in [5, 5.41) is 0. The maximum Gasteiger partial charge on any atom is 0.223 e. The Morgan fingerprint density at radius 3 is 1.60 bits per heavy atom. The van der Waals surface area contributed by atoms with Crippen LogP contribution >= 0.6 is 47.8 Å². The molecule has 0 aliphatic carbocycles. The highest BCUT2D eigenvalue weighted by Gasteiger charge is 2.30. The zero-order chi connectivity index (χ0) is 8.04. The van der Waals surface area contributed by atoms with Gasteiger partial charge in [0.2, 0.25) is 8.32 Å². The second kappa shape index (κ2) is 6.17. The van der Waals surface area contributed by atoms with Crippen LogP contribution in [0.5, 0.6) is 0 Å². The third-order valence-corrected chi connectivity index (χ3v) is 12.7. The summed E-state index contributed by atoms with van der Waals surface area (Å²) in [4.78, 5) is 2.97. The maximum absolute atomic E-state index is 5.68. The number of halogens is 3. The highest BCUT2D eigenvalue weighted by molar-refractivity contribution is 9.11. The number of hydrogen-bond donors (Lipinski definition) is 0. The van der Waals surface area contributed by atoms with Crippen molar-refractivity contribution >= 4 is 56.1 Å². The topological polar surface area (TPSA) is 9.23 Å². The lowest BCUT2D eigenvalue weighted by molar-refractivity contribution is 0.333. The van der Waals surface area contributed by atoms with Crippen LogP contribution in [0.4, 0.5) is 0 Å². The van der Waals surface area contributed by atoms with E-state index in [0.717, 1.165) is 21.5 Å². The molecule has 0 aromatic heterocycles. The average molecular weight is 355 g/mol. The van der Waals surface area contributed by atoms with E-state index in [4.69, 9.17) is 4.43 Å². The second-order valence-electron chi connectivity index (χ2n) is 2.02. The molecule has 0 N–H and O–H groups in total. The summed E-state index contributed by atoms with van der Waals surface area (Å²) in [7, 11) is -1.47. The first-order valence-corrected chi connectivity index (χ1v) is 8.96. The summed E-state index contributed by atoms with van der Waals surface area (Å²) in [6, 6.07) is 0. The molecule has 5 heteroatoms. The predicted molar refractivity (Wildman–Crippen MR) is 58.8 cm³/mol. The smallest absolute Gasteiger partial charge is 0.223 e. The first-order valence-electron chi connectivity index (χ1n) is 3.06. The first kappa shape index (κ1) is 11.6. The summed E-state index contributed by atoms with van der Waals surface area (Å²) in [6.07, 6.45) is 0. The zero-order valence-corrected chi connectivity index (χ0v) is 11.6. The largest absolute Gasteiger partial charge is 0.415 e. The molecular weight excluding hydrogens is 344 g/mol. The minimum atomic E-state index is -1.47. The highest BCUT2D eigenvalue weighted by Crippen LogP contribution is 2.14. The van der Waals surface area contributed by atoms with Crippen LogP contribution in [-0.2, 0) is 4.43 Å². The van der Waals surface area contributed by atoms with Gasteiger partial charge in [0.25, 0.3) is 0 Å². The van der Waals surface area contributed by atoms with Crippen molar-refractivity contribution in [3.63, 3.8) is 0 Å². The van der Waals surface area contributed by atoms with Gasteiger partial charge in [-0.3, -0.25) is 0 Å². The van der Waals surface area contributed by atoms with Gasteiger partial charge in [-0.1, -0.05) is 47.8 Å². The molecule has 0 fully saturated rings. The van der Waals surface area contributed by atoms with E-state index in [0.29, 0.717) is 0 Å². The monoisotopic (exact) mass is 352 g/mol. The molecule has 0 aliphatic heterocycles. The van der Waals surface area contributed by atoms with E-state index in [1.165, 1.54) is 0 Å². The maximum atomic E-state index is 5.68. The van der Waals surface area contributed by atoms with Crippen molar-refractivity contribution in [2.24, 2.45) is 0 Å². The molecule has 0 saturated carbocycles. The van der Waals surface area contributed by atoms with E-state index in [1.54, 1.807) is 0 Å². The number of rotatable bonds is 5. The standard InChI is InChI=1S/C5H11Br3OSi/c1-2-9-10(3-6,4-7)5-8/h2-5H2,1H3. The third kappa shape index (κ3) is 3.34. The number of alkyl halides is 3. The van der Waals surface area contributed by atoms with Gasteiger partial charge in [0.15, 0.2) is 0 Å². The van der Waals surface area contributed by atoms with Crippen LogP contribution in [-0.4, -0.2) is 29.8 Å². The van der Waals surface area contributed by atoms with Gasteiger partial charge >= 0.3 is 0 Å². The van der Waals surface area contributed by atoms with Gasteiger partial charge in [0.1, 0.15) is 0 Å². The Kier molecular flexibility index (Phi) is 7.17. The highest BCUT2D eigenvalue weighted by atomic mass is 79.9. The van der Waals surface area contributed by atoms with Crippen molar-refractivity contribution in [2.45, 2.75) is 6.92 Å². The Hall–Kier alpha value is 1.62. The van der Waals surface area contributed by atoms with Crippen LogP contribution in [0.25, 0.3) is 0 Å². The van der Waals surface area contributed by atoms with Gasteiger partial charge in [0, 0.05) is 21.5 Å².